The molecule has 1 nitrogen and oxygen atoms in total. The SMILES string of the molecule is CSC1CCC(O[Si](C)(C)C(C)(C)C)CC1. The van der Waals surface area contributed by atoms with Gasteiger partial charge in [0.05, 0.1) is 0 Å². The third-order valence-corrected chi connectivity index (χ3v) is 9.90. The van der Waals surface area contributed by atoms with Crippen LogP contribution in [0.4, 0.5) is 0 Å². The molecule has 1 rings (SSSR count). The van der Waals surface area contributed by atoms with Gasteiger partial charge in [-0.05, 0) is 50.1 Å². The van der Waals surface area contributed by atoms with Gasteiger partial charge >= 0.3 is 0 Å². The summed E-state index contributed by atoms with van der Waals surface area (Å²) in [6.45, 7) is 11.7. The zero-order valence-corrected chi connectivity index (χ0v) is 13.6. The second kappa shape index (κ2) is 5.45. The summed E-state index contributed by atoms with van der Waals surface area (Å²) in [7, 11) is -1.53. The maximum absolute atomic E-state index is 6.47. The van der Waals surface area contributed by atoms with Gasteiger partial charge in [0.2, 0.25) is 0 Å². The van der Waals surface area contributed by atoms with Gasteiger partial charge in [-0.1, -0.05) is 20.8 Å². The van der Waals surface area contributed by atoms with Crippen molar-refractivity contribution in [3.8, 4) is 0 Å². The molecule has 0 aromatic carbocycles. The van der Waals surface area contributed by atoms with Gasteiger partial charge in [-0.2, -0.15) is 11.8 Å². The number of hydrogen-bond donors (Lipinski definition) is 0. The van der Waals surface area contributed by atoms with E-state index in [1.807, 2.05) is 11.8 Å². The quantitative estimate of drug-likeness (QED) is 0.681. The van der Waals surface area contributed by atoms with E-state index < -0.39 is 8.32 Å². The molecule has 0 spiro atoms. The van der Waals surface area contributed by atoms with Crippen molar-refractivity contribution in [3.05, 3.63) is 0 Å². The summed E-state index contributed by atoms with van der Waals surface area (Å²) in [5.41, 5.74) is 0. The fourth-order valence-corrected chi connectivity index (χ4v) is 4.15. The maximum Gasteiger partial charge on any atom is 0.192 e. The van der Waals surface area contributed by atoms with Crippen molar-refractivity contribution in [2.45, 2.75) is 75.9 Å². The first-order valence-corrected chi connectivity index (χ1v) is 10.7. The molecule has 96 valence electrons. The topological polar surface area (TPSA) is 9.23 Å². The van der Waals surface area contributed by atoms with Gasteiger partial charge in [0.1, 0.15) is 0 Å². The third kappa shape index (κ3) is 3.78. The first-order valence-electron chi connectivity index (χ1n) is 6.47. The highest BCUT2D eigenvalue weighted by molar-refractivity contribution is 7.99. The average Bonchev–Trinajstić information content (AvgIpc) is 2.16. The van der Waals surface area contributed by atoms with Gasteiger partial charge in [0.15, 0.2) is 8.32 Å². The van der Waals surface area contributed by atoms with Crippen LogP contribution in [0.15, 0.2) is 0 Å². The fourth-order valence-electron chi connectivity index (χ4n) is 1.98. The van der Waals surface area contributed by atoms with E-state index in [2.05, 4.69) is 40.1 Å². The molecule has 1 aliphatic carbocycles. The molecule has 1 saturated carbocycles. The second-order valence-corrected chi connectivity index (χ2v) is 12.4. The number of rotatable bonds is 3. The highest BCUT2D eigenvalue weighted by Crippen LogP contribution is 2.39. The Hall–Kier alpha value is 0.527. The molecule has 0 aromatic heterocycles. The smallest absolute Gasteiger partial charge is 0.192 e. The van der Waals surface area contributed by atoms with Crippen molar-refractivity contribution in [2.24, 2.45) is 0 Å². The molecular weight excluding hydrogens is 232 g/mol. The van der Waals surface area contributed by atoms with Gasteiger partial charge in [-0.3, -0.25) is 0 Å². The van der Waals surface area contributed by atoms with Crippen LogP contribution in [-0.4, -0.2) is 25.9 Å². The lowest BCUT2D eigenvalue weighted by Crippen LogP contribution is -2.44. The Balaban J connectivity index is 2.45. The first kappa shape index (κ1) is 14.6. The molecule has 0 bridgehead atoms. The summed E-state index contributed by atoms with van der Waals surface area (Å²) in [5, 5.41) is 1.24. The Labute approximate surface area is 107 Å². The van der Waals surface area contributed by atoms with Gasteiger partial charge in [0.25, 0.3) is 0 Å². The van der Waals surface area contributed by atoms with E-state index >= 15 is 0 Å². The standard InChI is InChI=1S/C13H28OSSi/c1-13(2,3)16(5,6)14-11-7-9-12(15-4)10-8-11/h11-12H,7-10H2,1-6H3. The predicted molar refractivity (Wildman–Crippen MR) is 77.8 cm³/mol. The minimum absolute atomic E-state index is 0.351. The van der Waals surface area contributed by atoms with E-state index in [0.717, 1.165) is 5.25 Å². The van der Waals surface area contributed by atoms with Crippen LogP contribution in [0.25, 0.3) is 0 Å². The molecule has 0 heterocycles. The Bertz CT molecular complexity index is 214. The largest absolute Gasteiger partial charge is 0.414 e. The Morgan fingerprint density at radius 1 is 1.06 bits per heavy atom. The normalized spacial score (nSPS) is 28.1. The van der Waals surface area contributed by atoms with Crippen LogP contribution < -0.4 is 0 Å². The maximum atomic E-state index is 6.47. The number of hydrogen-bond acceptors (Lipinski definition) is 2. The van der Waals surface area contributed by atoms with Crippen molar-refractivity contribution in [2.75, 3.05) is 6.26 Å². The van der Waals surface area contributed by atoms with E-state index in [1.165, 1.54) is 25.7 Å². The lowest BCUT2D eigenvalue weighted by Gasteiger charge is -2.41. The molecular formula is C13H28OSSi. The predicted octanol–water partition coefficient (Wildman–Crippen LogP) is 4.68. The van der Waals surface area contributed by atoms with Crippen molar-refractivity contribution >= 4 is 20.1 Å². The summed E-state index contributed by atoms with van der Waals surface area (Å²) in [6, 6.07) is 0. The summed E-state index contributed by atoms with van der Waals surface area (Å²) < 4.78 is 6.47. The molecule has 0 aliphatic heterocycles. The van der Waals surface area contributed by atoms with E-state index in [-0.39, 0.29) is 0 Å². The highest BCUT2D eigenvalue weighted by Gasteiger charge is 2.39. The summed E-state index contributed by atoms with van der Waals surface area (Å²) in [4.78, 5) is 0. The van der Waals surface area contributed by atoms with Crippen LogP contribution >= 0.6 is 11.8 Å². The van der Waals surface area contributed by atoms with Crippen LogP contribution in [0, 0.1) is 0 Å². The van der Waals surface area contributed by atoms with Crippen LogP contribution in [0.5, 0.6) is 0 Å². The van der Waals surface area contributed by atoms with E-state index in [9.17, 15) is 0 Å². The van der Waals surface area contributed by atoms with Gasteiger partial charge in [0, 0.05) is 11.4 Å². The van der Waals surface area contributed by atoms with Crippen molar-refractivity contribution < 1.29 is 4.43 Å². The zero-order valence-electron chi connectivity index (χ0n) is 11.8. The molecule has 0 unspecified atom stereocenters. The van der Waals surface area contributed by atoms with Gasteiger partial charge in [-0.15, -0.1) is 0 Å². The van der Waals surface area contributed by atoms with Crippen molar-refractivity contribution in [3.63, 3.8) is 0 Å². The molecule has 0 saturated heterocycles. The van der Waals surface area contributed by atoms with Crippen molar-refractivity contribution in [1.29, 1.82) is 0 Å². The van der Waals surface area contributed by atoms with E-state index in [4.69, 9.17) is 4.43 Å². The molecule has 0 radical (unpaired) electrons. The average molecular weight is 261 g/mol. The van der Waals surface area contributed by atoms with Crippen LogP contribution in [0.3, 0.4) is 0 Å². The van der Waals surface area contributed by atoms with Gasteiger partial charge < -0.3 is 4.43 Å². The zero-order chi connectivity index (χ0) is 12.4. The minimum atomic E-state index is -1.53. The first-order chi connectivity index (χ1) is 7.26. The summed E-state index contributed by atoms with van der Waals surface area (Å²) in [6.07, 6.45) is 8.03. The monoisotopic (exact) mass is 260 g/mol. The summed E-state index contributed by atoms with van der Waals surface area (Å²) in [5.74, 6) is 0. The van der Waals surface area contributed by atoms with Gasteiger partial charge in [-0.25, -0.2) is 0 Å². The van der Waals surface area contributed by atoms with Crippen LogP contribution in [0.1, 0.15) is 46.5 Å². The van der Waals surface area contributed by atoms with E-state index in [1.54, 1.807) is 0 Å². The Morgan fingerprint density at radius 2 is 1.56 bits per heavy atom. The van der Waals surface area contributed by atoms with E-state index in [0.29, 0.717) is 11.1 Å². The lowest BCUT2D eigenvalue weighted by atomic mass is 9.97. The highest BCUT2D eigenvalue weighted by atomic mass is 32.2. The molecule has 1 aliphatic rings. The van der Waals surface area contributed by atoms with Crippen LogP contribution in [0.2, 0.25) is 18.1 Å². The fraction of sp³-hybridized carbons (Fsp3) is 1.00. The molecule has 0 aromatic rings. The molecule has 0 amide bonds. The second-order valence-electron chi connectivity index (χ2n) is 6.51. The summed E-state index contributed by atoms with van der Waals surface area (Å²) >= 11 is 2.03. The minimum Gasteiger partial charge on any atom is -0.414 e. The molecule has 0 N–H and O–H groups in total. The molecule has 0 atom stereocenters. The molecule has 1 fully saturated rings. The molecule has 3 heteroatoms. The molecule has 16 heavy (non-hydrogen) atoms. The lowest BCUT2D eigenvalue weighted by molar-refractivity contribution is 0.140. The van der Waals surface area contributed by atoms with Crippen molar-refractivity contribution in [1.82, 2.24) is 0 Å². The Kier molecular flexibility index (Phi) is 4.97. The Morgan fingerprint density at radius 3 is 1.94 bits per heavy atom. The number of thioether (sulfide) groups is 1. The third-order valence-electron chi connectivity index (χ3n) is 4.22. The van der Waals surface area contributed by atoms with Crippen LogP contribution in [-0.2, 0) is 4.43 Å².